The van der Waals surface area contributed by atoms with Crippen molar-refractivity contribution in [2.45, 2.75) is 0 Å². The van der Waals surface area contributed by atoms with Crippen molar-refractivity contribution in [1.82, 2.24) is 5.32 Å². The van der Waals surface area contributed by atoms with Crippen molar-refractivity contribution >= 4 is 18.3 Å². The molecule has 0 bridgehead atoms. The van der Waals surface area contributed by atoms with Crippen LogP contribution in [-0.4, -0.2) is 42.6 Å². The van der Waals surface area contributed by atoms with Gasteiger partial charge in [-0.1, -0.05) is 0 Å². The molecule has 0 rings (SSSR count). The van der Waals surface area contributed by atoms with Crippen LogP contribution in [0.1, 0.15) is 0 Å². The van der Waals surface area contributed by atoms with Gasteiger partial charge in [0.1, 0.15) is 0 Å². The van der Waals surface area contributed by atoms with Gasteiger partial charge in [0.2, 0.25) is 5.76 Å². The summed E-state index contributed by atoms with van der Waals surface area (Å²) in [6, 6.07) is 0. The highest BCUT2D eigenvalue weighted by molar-refractivity contribution is 6.44. The van der Waals surface area contributed by atoms with E-state index in [1.165, 1.54) is 14.1 Å². The third kappa shape index (κ3) is 2.58. The Morgan fingerprint density at radius 1 is 1.46 bits per heavy atom. The topological polar surface area (TPSA) is 94.3 Å². The van der Waals surface area contributed by atoms with E-state index >= 15 is 0 Å². The van der Waals surface area contributed by atoms with Crippen LogP contribution in [0.5, 0.6) is 0 Å². The van der Waals surface area contributed by atoms with Crippen molar-refractivity contribution in [2.75, 3.05) is 14.1 Å². The molecule has 0 aromatic heterocycles. The molecule has 72 valence electrons. The second-order valence-electron chi connectivity index (χ2n) is 1.98. The number of carbonyl (C=O) groups is 1. The summed E-state index contributed by atoms with van der Waals surface area (Å²) in [7, 11) is 2.68. The Labute approximate surface area is 75.3 Å². The summed E-state index contributed by atoms with van der Waals surface area (Å²) in [6.45, 7) is 2.98. The minimum Gasteiger partial charge on any atom is -0.501 e. The number of hydrogen-bond donors (Lipinski definition) is 3. The molecule has 0 aliphatic rings. The predicted molar refractivity (Wildman–Crippen MR) is 49.3 cm³/mol. The Kier molecular flexibility index (Phi) is 4.21. The van der Waals surface area contributed by atoms with Gasteiger partial charge in [0.25, 0.3) is 11.8 Å². The molecule has 6 nitrogen and oxygen atoms in total. The molecule has 0 saturated heterocycles. The lowest BCUT2D eigenvalue weighted by atomic mass is 10.3. The van der Waals surface area contributed by atoms with Gasteiger partial charge in [-0.05, 0) is 6.72 Å². The summed E-state index contributed by atoms with van der Waals surface area (Å²) in [5.41, 5.74) is -0.299. The molecule has 1 amide bonds. The van der Waals surface area contributed by atoms with Gasteiger partial charge in [-0.25, -0.2) is 4.99 Å². The van der Waals surface area contributed by atoms with Crippen molar-refractivity contribution in [2.24, 2.45) is 9.98 Å². The van der Waals surface area contributed by atoms with Crippen LogP contribution in [0.25, 0.3) is 0 Å². The van der Waals surface area contributed by atoms with Crippen LogP contribution in [0.4, 0.5) is 0 Å². The minimum absolute atomic E-state index is 0.299. The summed E-state index contributed by atoms with van der Waals surface area (Å²) >= 11 is 0. The third-order valence-electron chi connectivity index (χ3n) is 1.25. The van der Waals surface area contributed by atoms with Gasteiger partial charge in [0.15, 0.2) is 5.71 Å². The largest absolute Gasteiger partial charge is 0.501 e. The van der Waals surface area contributed by atoms with Crippen molar-refractivity contribution in [1.29, 1.82) is 0 Å². The van der Waals surface area contributed by atoms with Crippen molar-refractivity contribution < 1.29 is 15.0 Å². The maximum absolute atomic E-state index is 11.0. The zero-order valence-electron chi connectivity index (χ0n) is 7.40. The first-order valence-electron chi connectivity index (χ1n) is 3.36. The zero-order valence-corrected chi connectivity index (χ0v) is 7.40. The maximum atomic E-state index is 11.0. The van der Waals surface area contributed by atoms with Gasteiger partial charge in [0, 0.05) is 14.1 Å². The molecule has 3 N–H and O–H groups in total. The molecule has 0 heterocycles. The van der Waals surface area contributed by atoms with Crippen LogP contribution in [0, 0.1) is 0 Å². The average molecular weight is 185 g/mol. The summed E-state index contributed by atoms with van der Waals surface area (Å²) in [5.74, 6) is -2.05. The lowest BCUT2D eigenvalue weighted by molar-refractivity contribution is -0.114. The molecule has 0 aromatic rings. The lowest BCUT2D eigenvalue weighted by Gasteiger charge is -2.02. The second kappa shape index (κ2) is 4.91. The number of carbonyl (C=O) groups excluding carboxylic acids is 1. The fourth-order valence-electron chi connectivity index (χ4n) is 0.614. The molecule has 0 fully saturated rings. The van der Waals surface area contributed by atoms with Crippen molar-refractivity contribution in [3.05, 3.63) is 11.6 Å². The van der Waals surface area contributed by atoms with E-state index in [2.05, 4.69) is 22.0 Å². The molecule has 13 heavy (non-hydrogen) atoms. The number of nitrogens with one attached hydrogen (secondary N) is 1. The van der Waals surface area contributed by atoms with E-state index in [1.54, 1.807) is 0 Å². The first-order chi connectivity index (χ1) is 6.08. The number of aliphatic hydroxyl groups is 2. The van der Waals surface area contributed by atoms with Crippen LogP contribution in [0.3, 0.4) is 0 Å². The Morgan fingerprint density at radius 2 is 2.00 bits per heavy atom. The van der Waals surface area contributed by atoms with E-state index in [1.807, 2.05) is 0 Å². The standard InChI is InChI=1S/C7H11N3O3/c1-8-4(6(12)9-2)5(11)7(13)10-3/h11,13H,3H2,1-2H3,(H,9,12)/b7-5-,8-4+. The monoisotopic (exact) mass is 185 g/mol. The summed E-state index contributed by atoms with van der Waals surface area (Å²) in [6.07, 6.45) is 0. The molecule has 0 saturated carbocycles. The van der Waals surface area contributed by atoms with Gasteiger partial charge < -0.3 is 15.5 Å². The molecule has 0 radical (unpaired) electrons. The molecule has 0 aliphatic heterocycles. The molecule has 0 atom stereocenters. The van der Waals surface area contributed by atoms with Crippen molar-refractivity contribution in [3.8, 4) is 0 Å². The number of hydrogen-bond acceptors (Lipinski definition) is 5. The fourth-order valence-corrected chi connectivity index (χ4v) is 0.614. The smallest absolute Gasteiger partial charge is 0.273 e. The number of amides is 1. The van der Waals surface area contributed by atoms with E-state index in [0.29, 0.717) is 0 Å². The molecular formula is C7H11N3O3. The van der Waals surface area contributed by atoms with E-state index in [0.717, 1.165) is 0 Å². The number of rotatable bonds is 3. The molecule has 6 heteroatoms. The minimum atomic E-state index is -0.732. The molecule has 0 unspecified atom stereocenters. The molecule has 0 aromatic carbocycles. The number of nitrogens with zero attached hydrogens (tertiary/aromatic N) is 2. The van der Waals surface area contributed by atoms with Crippen LogP contribution >= 0.6 is 0 Å². The zero-order chi connectivity index (χ0) is 10.4. The van der Waals surface area contributed by atoms with E-state index in [4.69, 9.17) is 5.11 Å². The maximum Gasteiger partial charge on any atom is 0.273 e. The number of aliphatic imine (C=N–C) groups is 2. The molecular weight excluding hydrogens is 174 g/mol. The molecule has 0 spiro atoms. The van der Waals surface area contributed by atoms with E-state index < -0.39 is 17.5 Å². The van der Waals surface area contributed by atoms with Crippen LogP contribution < -0.4 is 5.32 Å². The van der Waals surface area contributed by atoms with Gasteiger partial charge in [-0.15, -0.1) is 0 Å². The van der Waals surface area contributed by atoms with Gasteiger partial charge in [-0.2, -0.15) is 0 Å². The SMILES string of the molecule is C=N/C(O)=C(O)\C(=N/C)C(=O)NC. The van der Waals surface area contributed by atoms with Crippen LogP contribution in [-0.2, 0) is 4.79 Å². The third-order valence-corrected chi connectivity index (χ3v) is 1.25. The van der Waals surface area contributed by atoms with Gasteiger partial charge >= 0.3 is 0 Å². The van der Waals surface area contributed by atoms with Gasteiger partial charge in [-0.3, -0.25) is 9.79 Å². The Morgan fingerprint density at radius 3 is 2.31 bits per heavy atom. The fraction of sp³-hybridized carbons (Fsp3) is 0.286. The second-order valence-corrected chi connectivity index (χ2v) is 1.98. The Balaban J connectivity index is 5.03. The highest BCUT2D eigenvalue weighted by Gasteiger charge is 2.17. The number of aliphatic hydroxyl groups excluding tert-OH is 2. The highest BCUT2D eigenvalue weighted by Crippen LogP contribution is 2.01. The quantitative estimate of drug-likeness (QED) is 0.419. The first kappa shape index (κ1) is 11.2. The van der Waals surface area contributed by atoms with Crippen LogP contribution in [0.2, 0.25) is 0 Å². The summed E-state index contributed by atoms with van der Waals surface area (Å²) < 4.78 is 0. The highest BCUT2D eigenvalue weighted by atomic mass is 16.3. The first-order valence-corrected chi connectivity index (χ1v) is 3.36. The lowest BCUT2D eigenvalue weighted by Crippen LogP contribution is -2.29. The van der Waals surface area contributed by atoms with Crippen molar-refractivity contribution in [3.63, 3.8) is 0 Å². The average Bonchev–Trinajstić information content (AvgIpc) is 2.17. The molecule has 0 aliphatic carbocycles. The Hall–Kier alpha value is -1.85. The summed E-state index contributed by atoms with van der Waals surface area (Å²) in [5, 5.41) is 20.3. The van der Waals surface area contributed by atoms with Crippen LogP contribution in [0.15, 0.2) is 21.6 Å². The normalized spacial score (nSPS) is 13.2. The summed E-state index contributed by atoms with van der Waals surface area (Å²) in [4.78, 5) is 17.5. The van der Waals surface area contributed by atoms with Gasteiger partial charge in [0.05, 0.1) is 0 Å². The van der Waals surface area contributed by atoms with E-state index in [9.17, 15) is 9.90 Å². The predicted octanol–water partition coefficient (Wildman–Crippen LogP) is -0.211. The van der Waals surface area contributed by atoms with E-state index in [-0.39, 0.29) is 5.71 Å². The Bertz CT molecular complexity index is 281.